The molecule has 0 saturated carbocycles. The van der Waals surface area contributed by atoms with Crippen LogP contribution in [-0.4, -0.2) is 72.0 Å². The molecule has 5 aliphatic rings. The Morgan fingerprint density at radius 1 is 1.08 bits per heavy atom. The fourth-order valence-corrected chi connectivity index (χ4v) is 7.69. The van der Waals surface area contributed by atoms with Crippen LogP contribution in [-0.2, 0) is 6.54 Å². The van der Waals surface area contributed by atoms with Crippen LogP contribution in [0.1, 0.15) is 30.9 Å². The first-order valence-corrected chi connectivity index (χ1v) is 14.6. The van der Waals surface area contributed by atoms with Gasteiger partial charge in [0.05, 0.1) is 0 Å². The Morgan fingerprint density at radius 2 is 1.97 bits per heavy atom. The van der Waals surface area contributed by atoms with Gasteiger partial charge < -0.3 is 20.1 Å². The monoisotopic (exact) mass is 507 g/mol. The number of nitrogens with zero attached hydrogens (tertiary/aromatic N) is 3. The maximum Gasteiger partial charge on any atom is 0.319 e. The molecule has 6 unspecified atom stereocenters. The number of amides is 2. The first-order chi connectivity index (χ1) is 17.6. The minimum absolute atomic E-state index is 0.119. The number of likely N-dealkylation sites (tertiary alicyclic amines) is 1. The summed E-state index contributed by atoms with van der Waals surface area (Å²) in [7, 11) is 0. The first kappa shape index (κ1) is 24.1. The number of pyridine rings is 1. The number of thioether (sulfide) groups is 1. The van der Waals surface area contributed by atoms with Gasteiger partial charge in [-0.05, 0) is 74.1 Å². The van der Waals surface area contributed by atoms with E-state index in [0.717, 1.165) is 55.8 Å². The highest BCUT2D eigenvalue weighted by molar-refractivity contribution is 7.98. The van der Waals surface area contributed by atoms with E-state index in [0.29, 0.717) is 30.3 Å². The van der Waals surface area contributed by atoms with Crippen LogP contribution in [0.5, 0.6) is 0 Å². The number of benzene rings is 1. The van der Waals surface area contributed by atoms with Crippen molar-refractivity contribution in [2.24, 2.45) is 17.8 Å². The summed E-state index contributed by atoms with van der Waals surface area (Å²) in [4.78, 5) is 31.3. The molecule has 192 valence electrons. The maximum absolute atomic E-state index is 12.5. The SMILES string of the molecule is CSc1cccc(NC(=O)NCC2CC3CCN2CC3CN2CC3CC(C2)c2cccc(=O)n2C3)c1. The van der Waals surface area contributed by atoms with Crippen LogP contribution in [0.2, 0.25) is 0 Å². The van der Waals surface area contributed by atoms with E-state index >= 15 is 0 Å². The highest BCUT2D eigenvalue weighted by Crippen LogP contribution is 2.39. The van der Waals surface area contributed by atoms with Crippen molar-refractivity contribution in [3.8, 4) is 0 Å². The second-order valence-electron chi connectivity index (χ2n) is 11.2. The lowest BCUT2D eigenvalue weighted by molar-refractivity contribution is -0.0192. The topological polar surface area (TPSA) is 69.6 Å². The third kappa shape index (κ3) is 4.95. The average Bonchev–Trinajstić information content (AvgIpc) is 2.89. The number of rotatable bonds is 6. The Kier molecular flexibility index (Phi) is 6.84. The normalized spacial score (nSPS) is 31.0. The van der Waals surface area contributed by atoms with Gasteiger partial charge in [0.25, 0.3) is 5.56 Å². The predicted octanol–water partition coefficient (Wildman–Crippen LogP) is 3.52. The van der Waals surface area contributed by atoms with Crippen LogP contribution < -0.4 is 16.2 Å². The Morgan fingerprint density at radius 3 is 2.81 bits per heavy atom. The Labute approximate surface area is 217 Å². The van der Waals surface area contributed by atoms with Gasteiger partial charge in [-0.2, -0.15) is 0 Å². The first-order valence-electron chi connectivity index (χ1n) is 13.4. The number of hydrogen-bond acceptors (Lipinski definition) is 5. The number of aromatic nitrogens is 1. The van der Waals surface area contributed by atoms with Gasteiger partial charge in [-0.3, -0.25) is 9.69 Å². The summed E-state index contributed by atoms with van der Waals surface area (Å²) in [5.41, 5.74) is 2.24. The zero-order chi connectivity index (χ0) is 24.6. The number of urea groups is 1. The molecular formula is C28H37N5O2S. The molecule has 7 nitrogen and oxygen atoms in total. The molecule has 0 aliphatic carbocycles. The van der Waals surface area contributed by atoms with Crippen molar-refractivity contribution >= 4 is 23.5 Å². The second-order valence-corrected chi connectivity index (χ2v) is 12.1. The van der Waals surface area contributed by atoms with Crippen LogP contribution in [0.4, 0.5) is 10.5 Å². The summed E-state index contributed by atoms with van der Waals surface area (Å²) in [6, 6.07) is 14.1. The van der Waals surface area contributed by atoms with Crippen molar-refractivity contribution in [1.29, 1.82) is 0 Å². The quantitative estimate of drug-likeness (QED) is 0.586. The average molecular weight is 508 g/mol. The van der Waals surface area contributed by atoms with Crippen molar-refractivity contribution in [2.75, 3.05) is 50.8 Å². The largest absolute Gasteiger partial charge is 0.336 e. The van der Waals surface area contributed by atoms with Gasteiger partial charge in [-0.25, -0.2) is 4.79 Å². The number of nitrogens with one attached hydrogen (secondary N) is 2. The van der Waals surface area contributed by atoms with E-state index in [2.05, 4.69) is 26.5 Å². The highest BCUT2D eigenvalue weighted by Gasteiger charge is 2.42. The summed E-state index contributed by atoms with van der Waals surface area (Å²) < 4.78 is 2.03. The lowest BCUT2D eigenvalue weighted by atomic mass is 9.74. The van der Waals surface area contributed by atoms with Crippen molar-refractivity contribution in [3.63, 3.8) is 0 Å². The Bertz CT molecular complexity index is 1170. The van der Waals surface area contributed by atoms with Crippen molar-refractivity contribution < 1.29 is 4.79 Å². The summed E-state index contributed by atoms with van der Waals surface area (Å²) in [6.07, 6.45) is 5.70. The van der Waals surface area contributed by atoms with Crippen molar-refractivity contribution in [1.82, 2.24) is 19.7 Å². The minimum atomic E-state index is -0.119. The van der Waals surface area contributed by atoms with E-state index in [4.69, 9.17) is 0 Å². The van der Waals surface area contributed by atoms with Crippen molar-refractivity contribution in [3.05, 3.63) is 58.5 Å². The molecule has 6 atom stereocenters. The van der Waals surface area contributed by atoms with E-state index in [1.165, 1.54) is 25.0 Å². The summed E-state index contributed by atoms with van der Waals surface area (Å²) in [5, 5.41) is 6.11. The highest BCUT2D eigenvalue weighted by atomic mass is 32.2. The van der Waals surface area contributed by atoms with E-state index in [9.17, 15) is 9.59 Å². The molecule has 36 heavy (non-hydrogen) atoms. The van der Waals surface area contributed by atoms with Gasteiger partial charge in [0, 0.05) is 73.6 Å². The molecule has 0 spiro atoms. The third-order valence-corrected chi connectivity index (χ3v) is 9.61. The van der Waals surface area contributed by atoms with Gasteiger partial charge in [0.2, 0.25) is 0 Å². The fourth-order valence-electron chi connectivity index (χ4n) is 7.23. The number of anilines is 1. The molecule has 4 saturated heterocycles. The Balaban J connectivity index is 1.01. The summed E-state index contributed by atoms with van der Waals surface area (Å²) >= 11 is 1.67. The Hall–Kier alpha value is -2.29. The smallest absolute Gasteiger partial charge is 0.319 e. The molecular weight excluding hydrogens is 470 g/mol. The van der Waals surface area contributed by atoms with Crippen LogP contribution in [0.3, 0.4) is 0 Å². The van der Waals surface area contributed by atoms with Gasteiger partial charge in [0.15, 0.2) is 0 Å². The lowest BCUT2D eigenvalue weighted by Gasteiger charge is -2.52. The number of hydrogen-bond donors (Lipinski definition) is 2. The molecule has 0 radical (unpaired) electrons. The standard InChI is InChI=1S/C28H37N5O2S/c1-36-25-5-2-4-23(12-25)30-28(35)29-13-24-11-20-8-9-32(24)18-22(20)17-31-14-19-10-21(16-31)26-6-3-7-27(34)33(26)15-19/h2-7,12,19-22,24H,8-11,13-18H2,1H3,(H2,29,30,35). The van der Waals surface area contributed by atoms with Crippen LogP contribution in [0.15, 0.2) is 52.2 Å². The van der Waals surface area contributed by atoms with Crippen LogP contribution in [0.25, 0.3) is 0 Å². The second kappa shape index (κ2) is 10.2. The van der Waals surface area contributed by atoms with E-state index < -0.39 is 0 Å². The van der Waals surface area contributed by atoms with Gasteiger partial charge in [-0.1, -0.05) is 12.1 Å². The molecule has 1 aromatic carbocycles. The predicted molar refractivity (Wildman–Crippen MR) is 145 cm³/mol. The minimum Gasteiger partial charge on any atom is -0.336 e. The van der Waals surface area contributed by atoms with Crippen LogP contribution >= 0.6 is 11.8 Å². The van der Waals surface area contributed by atoms with E-state index in [-0.39, 0.29) is 11.6 Å². The molecule has 2 aromatic rings. The third-order valence-electron chi connectivity index (χ3n) is 8.89. The van der Waals surface area contributed by atoms with Gasteiger partial charge in [-0.15, -0.1) is 11.8 Å². The van der Waals surface area contributed by atoms with Gasteiger partial charge in [0.1, 0.15) is 0 Å². The summed E-state index contributed by atoms with van der Waals surface area (Å²) in [6.45, 7) is 7.21. The lowest BCUT2D eigenvalue weighted by Crippen LogP contribution is -2.59. The molecule has 6 heterocycles. The molecule has 5 aliphatic heterocycles. The van der Waals surface area contributed by atoms with Crippen LogP contribution in [0, 0.1) is 17.8 Å². The zero-order valence-corrected chi connectivity index (χ0v) is 21.9. The molecule has 4 bridgehead atoms. The molecule has 1 aromatic heterocycles. The number of fused-ring (bicyclic) bond motifs is 7. The maximum atomic E-state index is 12.5. The summed E-state index contributed by atoms with van der Waals surface area (Å²) in [5.74, 6) is 2.51. The molecule has 8 heteroatoms. The molecule has 7 rings (SSSR count). The van der Waals surface area contributed by atoms with E-state index in [1.807, 2.05) is 41.2 Å². The number of carbonyl (C=O) groups excluding carboxylic acids is 1. The fraction of sp³-hybridized carbons (Fsp3) is 0.571. The zero-order valence-electron chi connectivity index (χ0n) is 21.1. The van der Waals surface area contributed by atoms with E-state index in [1.54, 1.807) is 17.8 Å². The number of carbonyl (C=O) groups is 1. The van der Waals surface area contributed by atoms with Crippen molar-refractivity contribution in [2.45, 2.75) is 42.7 Å². The number of piperidine rings is 4. The van der Waals surface area contributed by atoms with Gasteiger partial charge >= 0.3 is 6.03 Å². The molecule has 2 amide bonds. The molecule has 2 N–H and O–H groups in total. The molecule has 4 fully saturated rings.